The Bertz CT molecular complexity index is 369. The molecule has 2 nitrogen and oxygen atoms in total. The molecule has 0 heterocycles. The van der Waals surface area contributed by atoms with Gasteiger partial charge in [0.1, 0.15) is 5.75 Å². The molecule has 0 aliphatic carbocycles. The maximum absolute atomic E-state index is 9.64. The van der Waals surface area contributed by atoms with Crippen LogP contribution in [0.25, 0.3) is 0 Å². The van der Waals surface area contributed by atoms with Crippen molar-refractivity contribution >= 4 is 0 Å². The standard InChI is InChI=1S/C13H19NO/c1-5-6-14-8-12-9(2)7-13(15)11(4)10(12)3/h5,7,14-15H,1,6,8H2,2-4H3. The highest BCUT2D eigenvalue weighted by molar-refractivity contribution is 5.47. The summed E-state index contributed by atoms with van der Waals surface area (Å²) in [6, 6.07) is 1.83. The third-order valence-electron chi connectivity index (χ3n) is 2.82. The average molecular weight is 205 g/mol. The van der Waals surface area contributed by atoms with E-state index < -0.39 is 0 Å². The Morgan fingerprint density at radius 3 is 2.60 bits per heavy atom. The minimum Gasteiger partial charge on any atom is -0.508 e. The number of rotatable bonds is 4. The average Bonchev–Trinajstić information content (AvgIpc) is 2.20. The number of aryl methyl sites for hydroxylation is 1. The predicted octanol–water partition coefficient (Wildman–Crippen LogP) is 2.59. The summed E-state index contributed by atoms with van der Waals surface area (Å²) in [4.78, 5) is 0. The van der Waals surface area contributed by atoms with E-state index in [1.54, 1.807) is 0 Å². The van der Waals surface area contributed by atoms with Crippen LogP contribution in [-0.4, -0.2) is 11.7 Å². The maximum atomic E-state index is 9.64. The second kappa shape index (κ2) is 4.99. The molecular weight excluding hydrogens is 186 g/mol. The van der Waals surface area contributed by atoms with Crippen LogP contribution in [-0.2, 0) is 6.54 Å². The van der Waals surface area contributed by atoms with Gasteiger partial charge in [-0.15, -0.1) is 6.58 Å². The summed E-state index contributed by atoms with van der Waals surface area (Å²) in [5, 5.41) is 12.9. The molecule has 0 spiro atoms. The van der Waals surface area contributed by atoms with Crippen molar-refractivity contribution in [3.8, 4) is 5.75 Å². The summed E-state index contributed by atoms with van der Waals surface area (Å²) in [6.45, 7) is 11.3. The summed E-state index contributed by atoms with van der Waals surface area (Å²) in [7, 11) is 0. The van der Waals surface area contributed by atoms with Crippen LogP contribution in [0.1, 0.15) is 22.3 Å². The van der Waals surface area contributed by atoms with Gasteiger partial charge in [-0.2, -0.15) is 0 Å². The van der Waals surface area contributed by atoms with E-state index in [9.17, 15) is 5.11 Å². The summed E-state index contributed by atoms with van der Waals surface area (Å²) in [6.07, 6.45) is 1.85. The SMILES string of the molecule is C=CCNCc1c(C)cc(O)c(C)c1C. The molecule has 2 heteroatoms. The van der Waals surface area contributed by atoms with Gasteiger partial charge in [0.15, 0.2) is 0 Å². The smallest absolute Gasteiger partial charge is 0.119 e. The predicted molar refractivity (Wildman–Crippen MR) is 64.2 cm³/mol. The van der Waals surface area contributed by atoms with E-state index in [0.29, 0.717) is 5.75 Å². The lowest BCUT2D eigenvalue weighted by atomic mass is 9.97. The largest absolute Gasteiger partial charge is 0.508 e. The van der Waals surface area contributed by atoms with Crippen molar-refractivity contribution in [1.82, 2.24) is 5.32 Å². The summed E-state index contributed by atoms with van der Waals surface area (Å²) in [5.74, 6) is 0.387. The second-order valence-electron chi connectivity index (χ2n) is 3.86. The van der Waals surface area contributed by atoms with Crippen LogP contribution in [0.15, 0.2) is 18.7 Å². The van der Waals surface area contributed by atoms with Gasteiger partial charge in [-0.25, -0.2) is 0 Å². The van der Waals surface area contributed by atoms with E-state index in [2.05, 4.69) is 11.9 Å². The second-order valence-corrected chi connectivity index (χ2v) is 3.86. The van der Waals surface area contributed by atoms with Gasteiger partial charge < -0.3 is 10.4 Å². The highest BCUT2D eigenvalue weighted by Gasteiger charge is 2.08. The molecule has 0 amide bonds. The fraction of sp³-hybridized carbons (Fsp3) is 0.385. The number of hydrogen-bond donors (Lipinski definition) is 2. The van der Waals surface area contributed by atoms with Gasteiger partial charge in [-0.1, -0.05) is 6.08 Å². The molecule has 2 N–H and O–H groups in total. The van der Waals surface area contributed by atoms with Crippen molar-refractivity contribution in [3.05, 3.63) is 41.0 Å². The molecule has 0 aromatic heterocycles. The van der Waals surface area contributed by atoms with Crippen LogP contribution >= 0.6 is 0 Å². The molecule has 1 rings (SSSR count). The zero-order chi connectivity index (χ0) is 11.4. The number of nitrogens with one attached hydrogen (secondary N) is 1. The fourth-order valence-electron chi connectivity index (χ4n) is 1.69. The first kappa shape index (κ1) is 11.8. The third kappa shape index (κ3) is 2.60. The Labute approximate surface area is 91.6 Å². The van der Waals surface area contributed by atoms with Gasteiger partial charge in [0, 0.05) is 13.1 Å². The molecule has 15 heavy (non-hydrogen) atoms. The Kier molecular flexibility index (Phi) is 3.92. The molecular formula is C13H19NO. The Morgan fingerprint density at radius 2 is 2.00 bits per heavy atom. The molecule has 0 radical (unpaired) electrons. The highest BCUT2D eigenvalue weighted by Crippen LogP contribution is 2.26. The van der Waals surface area contributed by atoms with Crippen LogP contribution in [0.2, 0.25) is 0 Å². The van der Waals surface area contributed by atoms with Gasteiger partial charge in [-0.3, -0.25) is 0 Å². The lowest BCUT2D eigenvalue weighted by molar-refractivity contribution is 0.469. The van der Waals surface area contributed by atoms with E-state index in [1.165, 1.54) is 11.1 Å². The Morgan fingerprint density at radius 1 is 1.33 bits per heavy atom. The zero-order valence-electron chi connectivity index (χ0n) is 9.72. The number of phenols is 1. The summed E-state index contributed by atoms with van der Waals surface area (Å²) in [5.41, 5.74) is 4.54. The lowest BCUT2D eigenvalue weighted by Gasteiger charge is -2.14. The first-order valence-electron chi connectivity index (χ1n) is 5.18. The fourth-order valence-corrected chi connectivity index (χ4v) is 1.69. The van der Waals surface area contributed by atoms with E-state index in [0.717, 1.165) is 24.2 Å². The van der Waals surface area contributed by atoms with Crippen molar-refractivity contribution < 1.29 is 5.11 Å². The molecule has 0 fully saturated rings. The van der Waals surface area contributed by atoms with Crippen LogP contribution in [0, 0.1) is 20.8 Å². The maximum Gasteiger partial charge on any atom is 0.119 e. The summed E-state index contributed by atoms with van der Waals surface area (Å²) < 4.78 is 0. The molecule has 0 aliphatic rings. The highest BCUT2D eigenvalue weighted by atomic mass is 16.3. The van der Waals surface area contributed by atoms with Gasteiger partial charge in [0.25, 0.3) is 0 Å². The van der Waals surface area contributed by atoms with Crippen LogP contribution in [0.4, 0.5) is 0 Å². The van der Waals surface area contributed by atoms with Crippen molar-refractivity contribution in [2.45, 2.75) is 27.3 Å². The minimum absolute atomic E-state index is 0.387. The van der Waals surface area contributed by atoms with Crippen LogP contribution < -0.4 is 5.32 Å². The topological polar surface area (TPSA) is 32.3 Å². The zero-order valence-corrected chi connectivity index (χ0v) is 9.72. The molecule has 0 bridgehead atoms. The lowest BCUT2D eigenvalue weighted by Crippen LogP contribution is -2.15. The molecule has 82 valence electrons. The molecule has 0 unspecified atom stereocenters. The molecule has 0 atom stereocenters. The van der Waals surface area contributed by atoms with Gasteiger partial charge in [0.05, 0.1) is 0 Å². The van der Waals surface area contributed by atoms with E-state index >= 15 is 0 Å². The first-order valence-corrected chi connectivity index (χ1v) is 5.18. The number of hydrogen-bond acceptors (Lipinski definition) is 2. The van der Waals surface area contributed by atoms with E-state index in [4.69, 9.17) is 0 Å². The van der Waals surface area contributed by atoms with Gasteiger partial charge in [-0.05, 0) is 49.1 Å². The first-order chi connectivity index (χ1) is 7.07. The normalized spacial score (nSPS) is 10.3. The minimum atomic E-state index is 0.387. The van der Waals surface area contributed by atoms with Crippen molar-refractivity contribution in [2.24, 2.45) is 0 Å². The monoisotopic (exact) mass is 205 g/mol. The molecule has 0 saturated heterocycles. The molecule has 0 aliphatic heterocycles. The Balaban J connectivity index is 2.96. The third-order valence-corrected chi connectivity index (χ3v) is 2.82. The molecule has 0 saturated carbocycles. The number of benzene rings is 1. The quantitative estimate of drug-likeness (QED) is 0.585. The van der Waals surface area contributed by atoms with Crippen molar-refractivity contribution in [1.29, 1.82) is 0 Å². The summed E-state index contributed by atoms with van der Waals surface area (Å²) >= 11 is 0. The number of phenolic OH excluding ortho intramolecular Hbond substituents is 1. The molecule has 1 aromatic rings. The van der Waals surface area contributed by atoms with E-state index in [-0.39, 0.29) is 0 Å². The molecule has 1 aromatic carbocycles. The van der Waals surface area contributed by atoms with Crippen molar-refractivity contribution in [3.63, 3.8) is 0 Å². The van der Waals surface area contributed by atoms with Crippen molar-refractivity contribution in [2.75, 3.05) is 6.54 Å². The van der Waals surface area contributed by atoms with E-state index in [1.807, 2.05) is 32.9 Å². The van der Waals surface area contributed by atoms with Gasteiger partial charge in [0.2, 0.25) is 0 Å². The van der Waals surface area contributed by atoms with Gasteiger partial charge >= 0.3 is 0 Å². The Hall–Kier alpha value is -1.28. The van der Waals surface area contributed by atoms with Crippen LogP contribution in [0.5, 0.6) is 5.75 Å². The van der Waals surface area contributed by atoms with Crippen LogP contribution in [0.3, 0.4) is 0 Å². The number of aromatic hydroxyl groups is 1.